The zero-order valence-corrected chi connectivity index (χ0v) is 16.3. The third-order valence-electron chi connectivity index (χ3n) is 6.74. The SMILES string of the molecule is CCCCCC1CCC(C#N)(C2=CC[C@H](CCCCC)CC2)CC1. The molecule has 2 aliphatic rings. The van der Waals surface area contributed by atoms with Crippen LogP contribution in [0, 0.1) is 28.6 Å². The van der Waals surface area contributed by atoms with Gasteiger partial charge in [-0.1, -0.05) is 76.9 Å². The fraction of sp³-hybridized carbons (Fsp3) is 0.870. The molecule has 0 saturated heterocycles. The predicted octanol–water partition coefficient (Wildman–Crippen LogP) is 7.57. The van der Waals surface area contributed by atoms with Gasteiger partial charge in [-0.05, 0) is 56.8 Å². The van der Waals surface area contributed by atoms with Gasteiger partial charge in [-0.25, -0.2) is 0 Å². The topological polar surface area (TPSA) is 23.8 Å². The number of nitriles is 1. The summed E-state index contributed by atoms with van der Waals surface area (Å²) in [6.07, 6.45) is 22.1. The third kappa shape index (κ3) is 5.37. The molecular weight excluding hydrogens is 290 g/mol. The van der Waals surface area contributed by atoms with E-state index in [0.717, 1.165) is 24.7 Å². The molecule has 0 aromatic rings. The number of unbranched alkanes of at least 4 members (excludes halogenated alkanes) is 4. The van der Waals surface area contributed by atoms with E-state index in [1.807, 2.05) is 0 Å². The second kappa shape index (κ2) is 10.3. The van der Waals surface area contributed by atoms with Crippen LogP contribution in [0.15, 0.2) is 11.6 Å². The van der Waals surface area contributed by atoms with Crippen molar-refractivity contribution in [1.29, 1.82) is 5.26 Å². The van der Waals surface area contributed by atoms with Crippen molar-refractivity contribution in [2.75, 3.05) is 0 Å². The van der Waals surface area contributed by atoms with Gasteiger partial charge in [0, 0.05) is 0 Å². The molecule has 0 amide bonds. The van der Waals surface area contributed by atoms with Gasteiger partial charge in [-0.2, -0.15) is 5.26 Å². The summed E-state index contributed by atoms with van der Waals surface area (Å²) in [5.41, 5.74) is 1.43. The van der Waals surface area contributed by atoms with Crippen LogP contribution in [0.1, 0.15) is 110 Å². The van der Waals surface area contributed by atoms with E-state index < -0.39 is 0 Å². The molecule has 1 nitrogen and oxygen atoms in total. The van der Waals surface area contributed by atoms with Crippen molar-refractivity contribution in [3.05, 3.63) is 11.6 Å². The molecule has 0 aliphatic heterocycles. The molecule has 0 unspecified atom stereocenters. The molecule has 0 heterocycles. The lowest BCUT2D eigenvalue weighted by Crippen LogP contribution is -2.29. The summed E-state index contributed by atoms with van der Waals surface area (Å²) in [6.45, 7) is 4.57. The van der Waals surface area contributed by atoms with E-state index in [4.69, 9.17) is 0 Å². The standard InChI is InChI=1S/C23H39N/c1-3-5-7-9-20-11-13-22(14-12-20)23(19-24)17-15-21(16-18-23)10-8-6-4-2/h13,20-21H,3-12,14-18H2,1-2H3/t20-,21?,23?/m0/s1. The molecule has 0 radical (unpaired) electrons. The Bertz CT molecular complexity index is 420. The summed E-state index contributed by atoms with van der Waals surface area (Å²) >= 11 is 0. The molecule has 0 aromatic carbocycles. The molecule has 2 rings (SSSR count). The minimum Gasteiger partial charge on any atom is -0.197 e. The van der Waals surface area contributed by atoms with Gasteiger partial charge in [-0.3, -0.25) is 0 Å². The Morgan fingerprint density at radius 3 is 2.08 bits per heavy atom. The van der Waals surface area contributed by atoms with Crippen molar-refractivity contribution in [2.45, 2.75) is 110 Å². The summed E-state index contributed by atoms with van der Waals surface area (Å²) in [4.78, 5) is 0. The Kier molecular flexibility index (Phi) is 8.37. The third-order valence-corrected chi connectivity index (χ3v) is 6.74. The number of hydrogen-bond donors (Lipinski definition) is 0. The van der Waals surface area contributed by atoms with E-state index >= 15 is 0 Å². The molecule has 0 aromatic heterocycles. The molecule has 1 fully saturated rings. The highest BCUT2D eigenvalue weighted by molar-refractivity contribution is 5.26. The molecule has 0 bridgehead atoms. The first-order valence-corrected chi connectivity index (χ1v) is 10.8. The van der Waals surface area contributed by atoms with E-state index in [2.05, 4.69) is 26.0 Å². The molecule has 0 N–H and O–H groups in total. The Morgan fingerprint density at radius 2 is 1.58 bits per heavy atom. The first-order chi connectivity index (χ1) is 11.7. The molecule has 24 heavy (non-hydrogen) atoms. The normalized spacial score (nSPS) is 30.6. The maximum atomic E-state index is 9.94. The van der Waals surface area contributed by atoms with Crippen LogP contribution in [0.3, 0.4) is 0 Å². The second-order valence-corrected chi connectivity index (χ2v) is 8.50. The average Bonchev–Trinajstić information content (AvgIpc) is 2.63. The molecule has 2 aliphatic carbocycles. The van der Waals surface area contributed by atoms with Crippen LogP contribution in [0.25, 0.3) is 0 Å². The maximum absolute atomic E-state index is 9.94. The monoisotopic (exact) mass is 329 g/mol. The van der Waals surface area contributed by atoms with E-state index in [9.17, 15) is 5.26 Å². The quantitative estimate of drug-likeness (QED) is 0.316. The zero-order chi connectivity index (χ0) is 17.3. The van der Waals surface area contributed by atoms with Crippen LogP contribution in [0.5, 0.6) is 0 Å². The number of hydrogen-bond acceptors (Lipinski definition) is 1. The molecule has 1 heteroatoms. The number of nitrogens with zero attached hydrogens (tertiary/aromatic N) is 1. The number of allylic oxidation sites excluding steroid dienone is 2. The molecule has 136 valence electrons. The molecule has 1 atom stereocenters. The van der Waals surface area contributed by atoms with E-state index in [-0.39, 0.29) is 5.41 Å². The van der Waals surface area contributed by atoms with Gasteiger partial charge in [0.1, 0.15) is 0 Å². The van der Waals surface area contributed by atoms with E-state index in [0.29, 0.717) is 0 Å². The summed E-state index contributed by atoms with van der Waals surface area (Å²) in [5.74, 6) is 1.78. The van der Waals surface area contributed by atoms with Gasteiger partial charge in [-0.15, -0.1) is 0 Å². The largest absolute Gasteiger partial charge is 0.197 e. The van der Waals surface area contributed by atoms with Crippen LogP contribution < -0.4 is 0 Å². The van der Waals surface area contributed by atoms with Gasteiger partial charge in [0.05, 0.1) is 11.5 Å². The Balaban J connectivity index is 1.83. The first kappa shape index (κ1) is 19.6. The molecule has 1 saturated carbocycles. The van der Waals surface area contributed by atoms with Gasteiger partial charge < -0.3 is 0 Å². The second-order valence-electron chi connectivity index (χ2n) is 8.50. The van der Waals surface area contributed by atoms with Crippen LogP contribution in [-0.4, -0.2) is 0 Å². The van der Waals surface area contributed by atoms with Crippen molar-refractivity contribution in [3.63, 3.8) is 0 Å². The van der Waals surface area contributed by atoms with Crippen molar-refractivity contribution < 1.29 is 0 Å². The van der Waals surface area contributed by atoms with E-state index in [1.54, 1.807) is 0 Å². The Labute approximate surface area is 150 Å². The summed E-state index contributed by atoms with van der Waals surface area (Å²) < 4.78 is 0. The molecular formula is C23H39N. The molecule has 0 spiro atoms. The van der Waals surface area contributed by atoms with Crippen molar-refractivity contribution in [1.82, 2.24) is 0 Å². The fourth-order valence-electron chi connectivity index (χ4n) is 4.92. The van der Waals surface area contributed by atoms with Crippen molar-refractivity contribution in [2.24, 2.45) is 17.3 Å². The predicted molar refractivity (Wildman–Crippen MR) is 104 cm³/mol. The summed E-state index contributed by atoms with van der Waals surface area (Å²) in [6, 6.07) is 2.77. The van der Waals surface area contributed by atoms with Crippen molar-refractivity contribution >= 4 is 0 Å². The first-order valence-electron chi connectivity index (χ1n) is 10.8. The highest BCUT2D eigenvalue weighted by Gasteiger charge is 2.39. The maximum Gasteiger partial charge on any atom is 0.0782 e. The van der Waals surface area contributed by atoms with E-state index in [1.165, 1.54) is 89.0 Å². The Morgan fingerprint density at radius 1 is 0.958 bits per heavy atom. The zero-order valence-electron chi connectivity index (χ0n) is 16.3. The van der Waals surface area contributed by atoms with Gasteiger partial charge in [0.25, 0.3) is 0 Å². The van der Waals surface area contributed by atoms with Gasteiger partial charge in [0.2, 0.25) is 0 Å². The lowest BCUT2D eigenvalue weighted by Gasteiger charge is -2.39. The van der Waals surface area contributed by atoms with Crippen LogP contribution >= 0.6 is 0 Å². The average molecular weight is 330 g/mol. The van der Waals surface area contributed by atoms with Crippen LogP contribution in [0.4, 0.5) is 0 Å². The summed E-state index contributed by atoms with van der Waals surface area (Å²) in [5, 5.41) is 9.94. The van der Waals surface area contributed by atoms with Crippen LogP contribution in [-0.2, 0) is 0 Å². The van der Waals surface area contributed by atoms with Crippen molar-refractivity contribution in [3.8, 4) is 6.07 Å². The minimum absolute atomic E-state index is 0.0877. The highest BCUT2D eigenvalue weighted by Crippen LogP contribution is 2.48. The smallest absolute Gasteiger partial charge is 0.0782 e. The van der Waals surface area contributed by atoms with Crippen LogP contribution in [0.2, 0.25) is 0 Å². The van der Waals surface area contributed by atoms with Gasteiger partial charge >= 0.3 is 0 Å². The number of rotatable bonds is 9. The van der Waals surface area contributed by atoms with Gasteiger partial charge in [0.15, 0.2) is 0 Å². The Hall–Kier alpha value is -0.770. The fourth-order valence-corrected chi connectivity index (χ4v) is 4.92. The summed E-state index contributed by atoms with van der Waals surface area (Å²) in [7, 11) is 0. The lowest BCUT2D eigenvalue weighted by molar-refractivity contribution is 0.221. The minimum atomic E-state index is -0.0877. The lowest BCUT2D eigenvalue weighted by atomic mass is 9.64. The highest BCUT2D eigenvalue weighted by atomic mass is 14.4.